The van der Waals surface area contributed by atoms with Crippen LogP contribution >= 0.6 is 0 Å². The molecule has 1 aliphatic rings. The number of aliphatic hydroxyl groups excluding tert-OH is 1. The number of carbonyl (C=O) groups is 2. The second-order valence-corrected chi connectivity index (χ2v) is 7.39. The number of rotatable bonds is 11. The molecule has 0 unspecified atom stereocenters. The van der Waals surface area contributed by atoms with E-state index < -0.39 is 12.1 Å². The molecule has 0 amide bonds. The number of nitriles is 1. The number of hydrogen-bond acceptors (Lipinski definition) is 4. The summed E-state index contributed by atoms with van der Waals surface area (Å²) in [7, 11) is 0. The largest absolute Gasteiger partial charge is 0.481 e. The molecule has 27 heavy (non-hydrogen) atoms. The van der Waals surface area contributed by atoms with E-state index in [1.54, 1.807) is 6.08 Å². The van der Waals surface area contributed by atoms with Crippen molar-refractivity contribution in [3.63, 3.8) is 0 Å². The van der Waals surface area contributed by atoms with Gasteiger partial charge in [-0.1, -0.05) is 36.0 Å². The van der Waals surface area contributed by atoms with E-state index in [1.807, 2.05) is 32.1 Å². The first-order chi connectivity index (χ1) is 12.8. The van der Waals surface area contributed by atoms with Gasteiger partial charge in [0.15, 0.2) is 0 Å². The van der Waals surface area contributed by atoms with Gasteiger partial charge in [-0.05, 0) is 46.0 Å². The summed E-state index contributed by atoms with van der Waals surface area (Å²) in [4.78, 5) is 22.8. The smallest absolute Gasteiger partial charge is 0.303 e. The van der Waals surface area contributed by atoms with Gasteiger partial charge in [-0.25, -0.2) is 0 Å². The van der Waals surface area contributed by atoms with Crippen molar-refractivity contribution < 1.29 is 19.8 Å². The lowest BCUT2D eigenvalue weighted by molar-refractivity contribution is -0.137. The van der Waals surface area contributed by atoms with Gasteiger partial charge in [0.1, 0.15) is 5.78 Å². The summed E-state index contributed by atoms with van der Waals surface area (Å²) < 4.78 is 0. The van der Waals surface area contributed by atoms with E-state index >= 15 is 0 Å². The van der Waals surface area contributed by atoms with Gasteiger partial charge in [0.25, 0.3) is 0 Å². The van der Waals surface area contributed by atoms with E-state index in [4.69, 9.17) is 5.11 Å². The van der Waals surface area contributed by atoms with Crippen LogP contribution in [0.3, 0.4) is 0 Å². The fourth-order valence-corrected chi connectivity index (χ4v) is 3.32. The summed E-state index contributed by atoms with van der Waals surface area (Å²) in [6.07, 6.45) is 12.5. The van der Waals surface area contributed by atoms with Crippen LogP contribution in [-0.2, 0) is 9.59 Å². The Morgan fingerprint density at radius 2 is 2.07 bits per heavy atom. The fraction of sp³-hybridized carbons (Fsp3) is 0.591. The van der Waals surface area contributed by atoms with Crippen molar-refractivity contribution in [2.24, 2.45) is 17.8 Å². The number of unbranched alkanes of at least 4 members (excludes halogenated alkanes) is 1. The fourth-order valence-electron chi connectivity index (χ4n) is 3.32. The molecule has 0 aromatic rings. The van der Waals surface area contributed by atoms with Crippen molar-refractivity contribution in [3.8, 4) is 6.07 Å². The minimum Gasteiger partial charge on any atom is -0.481 e. The van der Waals surface area contributed by atoms with Gasteiger partial charge in [-0.15, -0.1) is 0 Å². The Labute approximate surface area is 162 Å². The van der Waals surface area contributed by atoms with E-state index in [-0.39, 0.29) is 36.4 Å². The summed E-state index contributed by atoms with van der Waals surface area (Å²) in [5, 5.41) is 28.1. The maximum absolute atomic E-state index is 12.3. The van der Waals surface area contributed by atoms with Gasteiger partial charge < -0.3 is 10.2 Å². The zero-order chi connectivity index (χ0) is 20.2. The van der Waals surface area contributed by atoms with Gasteiger partial charge in [-0.3, -0.25) is 9.59 Å². The molecule has 0 spiro atoms. The van der Waals surface area contributed by atoms with Crippen molar-refractivity contribution >= 4 is 11.8 Å². The van der Waals surface area contributed by atoms with Crippen LogP contribution in [0.25, 0.3) is 0 Å². The molecule has 4 atom stereocenters. The zero-order valence-corrected chi connectivity index (χ0v) is 16.3. The summed E-state index contributed by atoms with van der Waals surface area (Å²) in [6.45, 7) is 4.04. The highest BCUT2D eigenvalue weighted by Crippen LogP contribution is 2.37. The van der Waals surface area contributed by atoms with Crippen LogP contribution in [-0.4, -0.2) is 28.1 Å². The highest BCUT2D eigenvalue weighted by atomic mass is 16.4. The standard InChI is InChI=1S/C22H31NO4/c1-16(2)8-7-9-18(24)12-13-19-17(15-23)14-21(25)20(19)10-5-3-4-6-11-22(26)27/h3,5,8,12-13,17-20,24H,4,6-7,9-11,14H2,1-2H3,(H,26,27)/b5-3-,13-12+/t17-,18-,19+,20+/m0/s1. The summed E-state index contributed by atoms with van der Waals surface area (Å²) in [5.74, 6) is -1.48. The van der Waals surface area contributed by atoms with E-state index in [0.29, 0.717) is 25.7 Å². The van der Waals surface area contributed by atoms with Gasteiger partial charge >= 0.3 is 5.97 Å². The molecule has 1 saturated carbocycles. The first-order valence-corrected chi connectivity index (χ1v) is 9.64. The topological polar surface area (TPSA) is 98.4 Å². The maximum atomic E-state index is 12.3. The van der Waals surface area contributed by atoms with Crippen LogP contribution in [0.2, 0.25) is 0 Å². The second-order valence-electron chi connectivity index (χ2n) is 7.39. The molecular weight excluding hydrogens is 342 g/mol. The Bertz CT molecular complexity index is 623. The number of nitrogens with zero attached hydrogens (tertiary/aromatic N) is 1. The summed E-state index contributed by atoms with van der Waals surface area (Å²) in [5.41, 5.74) is 1.22. The highest BCUT2D eigenvalue weighted by Gasteiger charge is 2.40. The molecule has 2 N–H and O–H groups in total. The molecule has 0 heterocycles. The van der Waals surface area contributed by atoms with Crippen LogP contribution in [0.5, 0.6) is 0 Å². The Kier molecular flexibility index (Phi) is 10.4. The lowest BCUT2D eigenvalue weighted by Crippen LogP contribution is -2.15. The first kappa shape index (κ1) is 22.9. The Hall–Kier alpha value is -2.19. The van der Waals surface area contributed by atoms with Gasteiger partial charge in [0.05, 0.1) is 18.1 Å². The van der Waals surface area contributed by atoms with E-state index in [0.717, 1.165) is 6.42 Å². The highest BCUT2D eigenvalue weighted by molar-refractivity contribution is 5.85. The van der Waals surface area contributed by atoms with Crippen molar-refractivity contribution in [1.29, 1.82) is 5.26 Å². The number of hydrogen-bond donors (Lipinski definition) is 2. The molecule has 1 aliphatic carbocycles. The average molecular weight is 373 g/mol. The molecular formula is C22H31NO4. The quantitative estimate of drug-likeness (QED) is 0.418. The maximum Gasteiger partial charge on any atom is 0.303 e. The number of ketones is 1. The Balaban J connectivity index is 2.61. The zero-order valence-electron chi connectivity index (χ0n) is 16.3. The number of Topliss-reactive ketones (excluding diaryl/α,β-unsaturated/α-hetero) is 1. The van der Waals surface area contributed by atoms with Gasteiger partial charge in [0.2, 0.25) is 0 Å². The van der Waals surface area contributed by atoms with Gasteiger partial charge in [0, 0.05) is 24.7 Å². The molecule has 0 radical (unpaired) electrons. The third-order valence-electron chi connectivity index (χ3n) is 4.82. The first-order valence-electron chi connectivity index (χ1n) is 9.64. The second kappa shape index (κ2) is 12.2. The Morgan fingerprint density at radius 3 is 2.70 bits per heavy atom. The summed E-state index contributed by atoms with van der Waals surface area (Å²) in [6, 6.07) is 2.23. The SMILES string of the molecule is CC(C)=CCC[C@H](O)/C=C/[C@@H]1[C@H](C#N)CC(=O)[C@@H]1C/C=C\CCCC(=O)O. The van der Waals surface area contributed by atoms with E-state index in [1.165, 1.54) is 5.57 Å². The number of carboxylic acids is 1. The normalized spacial score (nSPS) is 23.6. The van der Waals surface area contributed by atoms with Crippen molar-refractivity contribution in [2.75, 3.05) is 0 Å². The average Bonchev–Trinajstić information content (AvgIpc) is 2.90. The summed E-state index contributed by atoms with van der Waals surface area (Å²) >= 11 is 0. The molecule has 0 aromatic heterocycles. The third-order valence-corrected chi connectivity index (χ3v) is 4.82. The minimum absolute atomic E-state index is 0.0883. The number of carbonyl (C=O) groups excluding carboxylic acids is 1. The van der Waals surface area contributed by atoms with Crippen molar-refractivity contribution in [1.82, 2.24) is 0 Å². The molecule has 5 heteroatoms. The van der Waals surface area contributed by atoms with Crippen molar-refractivity contribution in [3.05, 3.63) is 36.0 Å². The Morgan fingerprint density at radius 1 is 1.33 bits per heavy atom. The monoisotopic (exact) mass is 373 g/mol. The molecule has 1 fully saturated rings. The van der Waals surface area contributed by atoms with E-state index in [2.05, 4.69) is 12.1 Å². The van der Waals surface area contributed by atoms with Crippen LogP contribution < -0.4 is 0 Å². The number of aliphatic hydroxyl groups is 1. The molecule has 0 saturated heterocycles. The molecule has 1 rings (SSSR count). The molecule has 0 bridgehead atoms. The molecule has 0 aromatic carbocycles. The van der Waals surface area contributed by atoms with Crippen LogP contribution in [0.1, 0.15) is 58.8 Å². The predicted molar refractivity (Wildman–Crippen MR) is 105 cm³/mol. The lowest BCUT2D eigenvalue weighted by atomic mass is 9.86. The van der Waals surface area contributed by atoms with Crippen LogP contribution in [0, 0.1) is 29.1 Å². The molecule has 0 aliphatic heterocycles. The number of allylic oxidation sites excluding steroid dienone is 5. The lowest BCUT2D eigenvalue weighted by Gasteiger charge is -2.16. The number of carboxylic acid groups (broad SMARTS) is 1. The van der Waals surface area contributed by atoms with Crippen molar-refractivity contribution in [2.45, 2.75) is 64.9 Å². The van der Waals surface area contributed by atoms with E-state index in [9.17, 15) is 20.0 Å². The predicted octanol–water partition coefficient (Wildman–Crippen LogP) is 4.20. The van der Waals surface area contributed by atoms with Crippen LogP contribution in [0.15, 0.2) is 36.0 Å². The minimum atomic E-state index is -0.806. The number of aliphatic carboxylic acids is 1. The molecule has 5 nitrogen and oxygen atoms in total. The third kappa shape index (κ3) is 8.83. The van der Waals surface area contributed by atoms with Gasteiger partial charge in [-0.2, -0.15) is 5.26 Å². The molecule has 148 valence electrons. The van der Waals surface area contributed by atoms with Crippen LogP contribution in [0.4, 0.5) is 0 Å².